The number of rotatable bonds is 5. The lowest BCUT2D eigenvalue weighted by atomic mass is 10.3. The Bertz CT molecular complexity index is 662. The van der Waals surface area contributed by atoms with Gasteiger partial charge in [-0.15, -0.1) is 0 Å². The van der Waals surface area contributed by atoms with Crippen molar-refractivity contribution in [3.05, 3.63) is 24.3 Å². The molecule has 0 aromatic heterocycles. The molecule has 0 spiro atoms. The van der Waals surface area contributed by atoms with Crippen LogP contribution in [0.15, 0.2) is 29.2 Å². The van der Waals surface area contributed by atoms with E-state index in [0.717, 1.165) is 12.3 Å². The molecule has 2 N–H and O–H groups in total. The van der Waals surface area contributed by atoms with Gasteiger partial charge in [0.2, 0.25) is 10.0 Å². The summed E-state index contributed by atoms with van der Waals surface area (Å²) >= 11 is 0. The molecule has 0 radical (unpaired) electrons. The molecule has 0 bridgehead atoms. The first-order valence-electron chi connectivity index (χ1n) is 4.62. The Morgan fingerprint density at radius 1 is 1.28 bits per heavy atom. The molecule has 1 aromatic rings. The number of aliphatic carboxylic acids is 1. The number of nitrogens with one attached hydrogen (secondary N) is 1. The van der Waals surface area contributed by atoms with Gasteiger partial charge in [-0.25, -0.2) is 16.8 Å². The summed E-state index contributed by atoms with van der Waals surface area (Å²) in [6.07, 6.45) is 0.984. The Morgan fingerprint density at radius 2 is 1.89 bits per heavy atom. The molecule has 0 aliphatic heterocycles. The van der Waals surface area contributed by atoms with E-state index >= 15 is 0 Å². The van der Waals surface area contributed by atoms with E-state index < -0.39 is 31.6 Å². The van der Waals surface area contributed by atoms with Crippen LogP contribution in [-0.2, 0) is 24.7 Å². The first-order chi connectivity index (χ1) is 8.10. The molecule has 7 nitrogen and oxygen atoms in total. The summed E-state index contributed by atoms with van der Waals surface area (Å²) in [4.78, 5) is 10.3. The van der Waals surface area contributed by atoms with Crippen molar-refractivity contribution in [1.82, 2.24) is 0 Å². The van der Waals surface area contributed by atoms with E-state index in [1.807, 2.05) is 4.72 Å². The zero-order valence-corrected chi connectivity index (χ0v) is 11.0. The van der Waals surface area contributed by atoms with Crippen molar-refractivity contribution in [1.29, 1.82) is 0 Å². The second kappa shape index (κ2) is 4.94. The SMILES string of the molecule is CS(=O)(=O)c1cccc(NS(=O)(=O)CC(=O)O)c1. The van der Waals surface area contributed by atoms with E-state index in [2.05, 4.69) is 0 Å². The van der Waals surface area contributed by atoms with Gasteiger partial charge in [-0.1, -0.05) is 6.07 Å². The van der Waals surface area contributed by atoms with Crippen LogP contribution in [0.1, 0.15) is 0 Å². The van der Waals surface area contributed by atoms with Gasteiger partial charge in [0.25, 0.3) is 0 Å². The van der Waals surface area contributed by atoms with E-state index in [1.165, 1.54) is 18.2 Å². The Hall–Kier alpha value is -1.61. The molecule has 0 saturated heterocycles. The van der Waals surface area contributed by atoms with E-state index in [-0.39, 0.29) is 10.6 Å². The number of hydrogen-bond donors (Lipinski definition) is 2. The zero-order valence-electron chi connectivity index (χ0n) is 9.32. The minimum Gasteiger partial charge on any atom is -0.480 e. The zero-order chi connectivity index (χ0) is 14.0. The van der Waals surface area contributed by atoms with Gasteiger partial charge in [0.05, 0.1) is 4.90 Å². The van der Waals surface area contributed by atoms with Gasteiger partial charge in [-0.05, 0) is 18.2 Å². The lowest BCUT2D eigenvalue weighted by Crippen LogP contribution is -2.22. The second-order valence-electron chi connectivity index (χ2n) is 3.55. The van der Waals surface area contributed by atoms with Gasteiger partial charge < -0.3 is 5.11 Å². The minimum absolute atomic E-state index is 0.000764. The first-order valence-corrected chi connectivity index (χ1v) is 8.17. The number of anilines is 1. The molecular weight excluding hydrogens is 282 g/mol. The summed E-state index contributed by atoms with van der Waals surface area (Å²) in [6, 6.07) is 5.11. The van der Waals surface area contributed by atoms with E-state index in [9.17, 15) is 21.6 Å². The molecule has 0 amide bonds. The molecule has 1 rings (SSSR count). The topological polar surface area (TPSA) is 118 Å². The highest BCUT2D eigenvalue weighted by atomic mass is 32.2. The maximum absolute atomic E-state index is 11.3. The largest absolute Gasteiger partial charge is 0.480 e. The normalized spacial score (nSPS) is 12.1. The van der Waals surface area contributed by atoms with Crippen molar-refractivity contribution in [3.63, 3.8) is 0 Å². The predicted octanol–water partition coefficient (Wildman–Crippen LogP) is -0.0836. The van der Waals surface area contributed by atoms with Crippen LogP contribution in [0.2, 0.25) is 0 Å². The molecule has 0 fully saturated rings. The number of hydrogen-bond acceptors (Lipinski definition) is 5. The van der Waals surface area contributed by atoms with Crippen molar-refractivity contribution >= 4 is 31.5 Å². The Kier molecular flexibility index (Phi) is 3.97. The van der Waals surface area contributed by atoms with Crippen molar-refractivity contribution in [2.75, 3.05) is 16.7 Å². The van der Waals surface area contributed by atoms with Gasteiger partial charge in [-0.3, -0.25) is 9.52 Å². The van der Waals surface area contributed by atoms with Crippen LogP contribution in [0.3, 0.4) is 0 Å². The second-order valence-corrected chi connectivity index (χ2v) is 7.29. The summed E-state index contributed by atoms with van der Waals surface area (Å²) in [7, 11) is -7.50. The molecule has 0 aliphatic rings. The standard InChI is InChI=1S/C9H11NO6S2/c1-17(13,14)8-4-2-3-7(5-8)10-18(15,16)6-9(11)12/h2-5,10H,6H2,1H3,(H,11,12). The minimum atomic E-state index is -4.04. The highest BCUT2D eigenvalue weighted by molar-refractivity contribution is 7.93. The molecule has 0 unspecified atom stereocenters. The fourth-order valence-electron chi connectivity index (χ4n) is 1.17. The van der Waals surface area contributed by atoms with E-state index in [1.54, 1.807) is 0 Å². The lowest BCUT2D eigenvalue weighted by Gasteiger charge is -2.07. The van der Waals surface area contributed by atoms with Crippen LogP contribution in [0, 0.1) is 0 Å². The predicted molar refractivity (Wildman–Crippen MR) is 64.6 cm³/mol. The number of sulfonamides is 1. The maximum atomic E-state index is 11.3. The van der Waals surface area contributed by atoms with Crippen LogP contribution in [0.25, 0.3) is 0 Å². The summed E-state index contributed by atoms with van der Waals surface area (Å²) in [5.74, 6) is -2.59. The van der Waals surface area contributed by atoms with Gasteiger partial charge in [0.1, 0.15) is 0 Å². The monoisotopic (exact) mass is 293 g/mol. The lowest BCUT2D eigenvalue weighted by molar-refractivity contribution is -0.134. The average molecular weight is 293 g/mol. The summed E-state index contributed by atoms with van der Waals surface area (Å²) in [6.45, 7) is 0. The Labute approximate surface area is 104 Å². The highest BCUT2D eigenvalue weighted by Crippen LogP contribution is 2.16. The molecule has 0 aliphatic carbocycles. The molecule has 0 heterocycles. The number of sulfone groups is 1. The molecule has 100 valence electrons. The van der Waals surface area contributed by atoms with Crippen molar-refractivity contribution in [2.45, 2.75) is 4.90 Å². The van der Waals surface area contributed by atoms with Crippen molar-refractivity contribution in [3.8, 4) is 0 Å². The quantitative estimate of drug-likeness (QED) is 0.783. The number of carbonyl (C=O) groups is 1. The van der Waals surface area contributed by atoms with Gasteiger partial charge in [0, 0.05) is 11.9 Å². The molecule has 18 heavy (non-hydrogen) atoms. The fourth-order valence-corrected chi connectivity index (χ4v) is 2.72. The molecule has 0 atom stereocenters. The van der Waals surface area contributed by atoms with Crippen LogP contribution in [-0.4, -0.2) is 39.9 Å². The number of carboxylic acid groups (broad SMARTS) is 1. The van der Waals surface area contributed by atoms with Gasteiger partial charge >= 0.3 is 5.97 Å². The smallest absolute Gasteiger partial charge is 0.320 e. The van der Waals surface area contributed by atoms with E-state index in [4.69, 9.17) is 5.11 Å². The molecule has 9 heteroatoms. The number of benzene rings is 1. The molecule has 0 saturated carbocycles. The van der Waals surface area contributed by atoms with Crippen LogP contribution in [0.5, 0.6) is 0 Å². The van der Waals surface area contributed by atoms with Crippen LogP contribution < -0.4 is 4.72 Å². The van der Waals surface area contributed by atoms with E-state index in [0.29, 0.717) is 0 Å². The van der Waals surface area contributed by atoms with Gasteiger partial charge in [0.15, 0.2) is 15.6 Å². The summed E-state index contributed by atoms with van der Waals surface area (Å²) in [5.41, 5.74) is -0.000764. The molecule has 1 aromatic carbocycles. The maximum Gasteiger partial charge on any atom is 0.320 e. The third-order valence-electron chi connectivity index (χ3n) is 1.85. The Balaban J connectivity index is 3.04. The molecular formula is C9H11NO6S2. The third-order valence-corrected chi connectivity index (χ3v) is 4.13. The third kappa shape index (κ3) is 4.34. The van der Waals surface area contributed by atoms with Crippen molar-refractivity contribution in [2.24, 2.45) is 0 Å². The van der Waals surface area contributed by atoms with Crippen LogP contribution in [0.4, 0.5) is 5.69 Å². The average Bonchev–Trinajstić information content (AvgIpc) is 2.13. The van der Waals surface area contributed by atoms with Gasteiger partial charge in [-0.2, -0.15) is 0 Å². The van der Waals surface area contributed by atoms with Crippen molar-refractivity contribution < 1.29 is 26.7 Å². The first kappa shape index (κ1) is 14.5. The fraction of sp³-hybridized carbons (Fsp3) is 0.222. The highest BCUT2D eigenvalue weighted by Gasteiger charge is 2.16. The van der Waals surface area contributed by atoms with Crippen LogP contribution >= 0.6 is 0 Å². The summed E-state index contributed by atoms with van der Waals surface area (Å²) < 4.78 is 47.2. The number of carboxylic acids is 1. The Morgan fingerprint density at radius 3 is 2.39 bits per heavy atom. The summed E-state index contributed by atoms with van der Waals surface area (Å²) in [5, 5.41) is 8.40.